The van der Waals surface area contributed by atoms with Gasteiger partial charge >= 0.3 is 0 Å². The number of carbonyl (C=O) groups excluding carboxylic acids is 1. The molecule has 7 heteroatoms. The summed E-state index contributed by atoms with van der Waals surface area (Å²) in [5, 5.41) is 0. The molecule has 1 aliphatic heterocycles. The summed E-state index contributed by atoms with van der Waals surface area (Å²) in [5.74, 6) is 0.812. The van der Waals surface area contributed by atoms with E-state index < -0.39 is 0 Å². The van der Waals surface area contributed by atoms with Crippen molar-refractivity contribution in [3.05, 3.63) is 95.1 Å². The number of methoxy groups -OCH3 is 2. The zero-order valence-electron chi connectivity index (χ0n) is 20.0. The number of hydrogen-bond acceptors (Lipinski definition) is 4. The van der Waals surface area contributed by atoms with Gasteiger partial charge in [-0.25, -0.2) is 8.78 Å². The van der Waals surface area contributed by atoms with Gasteiger partial charge in [-0.3, -0.25) is 9.69 Å². The Hall–Kier alpha value is -3.45. The zero-order chi connectivity index (χ0) is 24.8. The van der Waals surface area contributed by atoms with Gasteiger partial charge in [0.05, 0.1) is 20.3 Å². The van der Waals surface area contributed by atoms with Crippen LogP contribution in [0, 0.1) is 11.6 Å². The molecule has 0 aliphatic carbocycles. The van der Waals surface area contributed by atoms with Crippen LogP contribution < -0.4 is 9.47 Å². The Kier molecular flexibility index (Phi) is 7.98. The molecular weight excluding hydrogens is 450 g/mol. The summed E-state index contributed by atoms with van der Waals surface area (Å²) in [6.45, 7) is 2.50. The Bertz CT molecular complexity index is 1080. The van der Waals surface area contributed by atoms with Crippen molar-refractivity contribution < 1.29 is 23.0 Å². The summed E-state index contributed by atoms with van der Waals surface area (Å²) in [4.78, 5) is 17.1. The summed E-state index contributed by atoms with van der Waals surface area (Å²) in [6, 6.07) is 18.4. The molecule has 0 bridgehead atoms. The van der Waals surface area contributed by atoms with E-state index >= 15 is 0 Å². The number of halogens is 2. The molecule has 35 heavy (non-hydrogen) atoms. The van der Waals surface area contributed by atoms with E-state index in [2.05, 4.69) is 4.90 Å². The van der Waals surface area contributed by atoms with Crippen molar-refractivity contribution in [2.24, 2.45) is 0 Å². The summed E-state index contributed by atoms with van der Waals surface area (Å²) in [5.41, 5.74) is 2.80. The Morgan fingerprint density at radius 1 is 0.829 bits per heavy atom. The van der Waals surface area contributed by atoms with E-state index in [4.69, 9.17) is 9.47 Å². The van der Waals surface area contributed by atoms with Crippen molar-refractivity contribution in [2.45, 2.75) is 18.9 Å². The van der Waals surface area contributed by atoms with Crippen LogP contribution in [0.15, 0.2) is 66.7 Å². The Labute approximate surface area is 204 Å². The van der Waals surface area contributed by atoms with Crippen molar-refractivity contribution in [1.29, 1.82) is 0 Å². The molecule has 1 saturated heterocycles. The summed E-state index contributed by atoms with van der Waals surface area (Å²) in [6.07, 6.45) is 0.941. The highest BCUT2D eigenvalue weighted by atomic mass is 19.1. The fraction of sp³-hybridized carbons (Fsp3) is 0.321. The van der Waals surface area contributed by atoms with Crippen LogP contribution in [0.1, 0.15) is 29.2 Å². The van der Waals surface area contributed by atoms with Gasteiger partial charge in [0.1, 0.15) is 11.6 Å². The minimum Gasteiger partial charge on any atom is -0.493 e. The second-order valence-corrected chi connectivity index (χ2v) is 8.58. The van der Waals surface area contributed by atoms with E-state index in [1.54, 1.807) is 38.5 Å². The lowest BCUT2D eigenvalue weighted by Crippen LogP contribution is -2.49. The molecule has 0 unspecified atom stereocenters. The standard InChI is InChI=1S/C28H30F2N2O3/c1-34-25-5-3-4-22(28(25)35-2)10-15-26(33)31-16-18-32(19-17-31)27(20-6-11-23(29)12-7-20)21-8-13-24(30)14-9-21/h3-9,11-14,27H,10,15-19H2,1-2H3. The van der Waals surface area contributed by atoms with Gasteiger partial charge in [-0.2, -0.15) is 0 Å². The Morgan fingerprint density at radius 3 is 1.91 bits per heavy atom. The molecule has 0 aromatic heterocycles. The fourth-order valence-corrected chi connectivity index (χ4v) is 4.68. The van der Waals surface area contributed by atoms with Crippen LogP contribution in [0.5, 0.6) is 11.5 Å². The number of nitrogens with zero attached hydrogens (tertiary/aromatic N) is 2. The highest BCUT2D eigenvalue weighted by molar-refractivity contribution is 5.76. The summed E-state index contributed by atoms with van der Waals surface area (Å²) < 4.78 is 37.9. The van der Waals surface area contributed by atoms with Gasteiger partial charge in [-0.15, -0.1) is 0 Å². The maximum atomic E-state index is 13.6. The van der Waals surface area contributed by atoms with Gasteiger partial charge < -0.3 is 14.4 Å². The monoisotopic (exact) mass is 480 g/mol. The minimum atomic E-state index is -0.297. The van der Waals surface area contributed by atoms with Crippen molar-refractivity contribution in [3.8, 4) is 11.5 Å². The van der Waals surface area contributed by atoms with E-state index in [1.165, 1.54) is 24.3 Å². The first-order chi connectivity index (χ1) is 17.0. The van der Waals surface area contributed by atoms with Gasteiger partial charge in [-0.05, 0) is 53.4 Å². The number of para-hydroxylation sites is 1. The number of piperazine rings is 1. The lowest BCUT2D eigenvalue weighted by molar-refractivity contribution is -0.133. The van der Waals surface area contributed by atoms with E-state index in [0.29, 0.717) is 50.5 Å². The van der Waals surface area contributed by atoms with E-state index in [1.807, 2.05) is 23.1 Å². The third kappa shape index (κ3) is 5.80. The highest BCUT2D eigenvalue weighted by Crippen LogP contribution is 2.32. The molecule has 1 fully saturated rings. The predicted octanol–water partition coefficient (Wildman–Crippen LogP) is 4.85. The molecule has 0 N–H and O–H groups in total. The first-order valence-corrected chi connectivity index (χ1v) is 11.7. The summed E-state index contributed by atoms with van der Waals surface area (Å²) in [7, 11) is 3.19. The molecule has 1 aliphatic rings. The van der Waals surface area contributed by atoms with Crippen molar-refractivity contribution >= 4 is 5.91 Å². The Balaban J connectivity index is 1.42. The maximum absolute atomic E-state index is 13.6. The largest absolute Gasteiger partial charge is 0.493 e. The van der Waals surface area contributed by atoms with Gasteiger partial charge in [0, 0.05) is 32.6 Å². The maximum Gasteiger partial charge on any atom is 0.222 e. The zero-order valence-corrected chi connectivity index (χ0v) is 20.0. The van der Waals surface area contributed by atoms with E-state index in [9.17, 15) is 13.6 Å². The first kappa shape index (κ1) is 24.7. The van der Waals surface area contributed by atoms with Crippen molar-refractivity contribution in [2.75, 3.05) is 40.4 Å². The predicted molar refractivity (Wildman–Crippen MR) is 131 cm³/mol. The lowest BCUT2D eigenvalue weighted by Gasteiger charge is -2.40. The second kappa shape index (κ2) is 11.3. The average molecular weight is 481 g/mol. The average Bonchev–Trinajstić information content (AvgIpc) is 2.89. The second-order valence-electron chi connectivity index (χ2n) is 8.58. The molecular formula is C28H30F2N2O3. The van der Waals surface area contributed by atoms with Crippen molar-refractivity contribution in [1.82, 2.24) is 9.80 Å². The molecule has 4 rings (SSSR count). The normalized spacial score (nSPS) is 14.3. The fourth-order valence-electron chi connectivity index (χ4n) is 4.68. The number of ether oxygens (including phenoxy) is 2. The molecule has 0 atom stereocenters. The molecule has 0 saturated carbocycles. The molecule has 0 radical (unpaired) electrons. The van der Waals surface area contributed by atoms with E-state index in [0.717, 1.165) is 16.7 Å². The van der Waals surface area contributed by atoms with Crippen LogP contribution in [0.2, 0.25) is 0 Å². The number of benzene rings is 3. The van der Waals surface area contributed by atoms with Crippen LogP contribution >= 0.6 is 0 Å². The van der Waals surface area contributed by atoms with Gasteiger partial charge in [0.2, 0.25) is 5.91 Å². The van der Waals surface area contributed by atoms with Crippen LogP contribution in [0.3, 0.4) is 0 Å². The molecule has 184 valence electrons. The highest BCUT2D eigenvalue weighted by Gasteiger charge is 2.28. The quantitative estimate of drug-likeness (QED) is 0.462. The third-order valence-electron chi connectivity index (χ3n) is 6.50. The molecule has 1 heterocycles. The van der Waals surface area contributed by atoms with E-state index in [-0.39, 0.29) is 23.6 Å². The SMILES string of the molecule is COc1cccc(CCC(=O)N2CCN(C(c3ccc(F)cc3)c3ccc(F)cc3)CC2)c1OC. The van der Waals surface area contributed by atoms with Crippen LogP contribution in [-0.4, -0.2) is 56.1 Å². The number of rotatable bonds is 8. The molecule has 0 spiro atoms. The third-order valence-corrected chi connectivity index (χ3v) is 6.50. The number of hydrogen-bond donors (Lipinski definition) is 0. The Morgan fingerprint density at radius 2 is 1.40 bits per heavy atom. The smallest absolute Gasteiger partial charge is 0.222 e. The number of aryl methyl sites for hydroxylation is 1. The first-order valence-electron chi connectivity index (χ1n) is 11.7. The molecule has 5 nitrogen and oxygen atoms in total. The molecule has 1 amide bonds. The van der Waals surface area contributed by atoms with Crippen molar-refractivity contribution in [3.63, 3.8) is 0 Å². The molecule has 3 aromatic carbocycles. The van der Waals surface area contributed by atoms with Crippen LogP contribution in [0.25, 0.3) is 0 Å². The van der Waals surface area contributed by atoms with Gasteiger partial charge in [0.25, 0.3) is 0 Å². The van der Waals surface area contributed by atoms with Crippen LogP contribution in [-0.2, 0) is 11.2 Å². The molecule has 3 aromatic rings. The summed E-state index contributed by atoms with van der Waals surface area (Å²) >= 11 is 0. The lowest BCUT2D eigenvalue weighted by atomic mass is 9.96. The number of amides is 1. The van der Waals surface area contributed by atoms with Crippen LogP contribution in [0.4, 0.5) is 8.78 Å². The topological polar surface area (TPSA) is 42.0 Å². The van der Waals surface area contributed by atoms with Gasteiger partial charge in [0.15, 0.2) is 11.5 Å². The minimum absolute atomic E-state index is 0.0923. The number of carbonyl (C=O) groups is 1. The van der Waals surface area contributed by atoms with Gasteiger partial charge in [-0.1, -0.05) is 36.4 Å².